The zero-order chi connectivity index (χ0) is 44.3. The molecule has 0 aliphatic heterocycles. The second kappa shape index (κ2) is 15.8. The third-order valence-corrected chi connectivity index (χ3v) is 12.7. The highest BCUT2D eigenvalue weighted by Gasteiger charge is 2.18. The summed E-state index contributed by atoms with van der Waals surface area (Å²) in [5.41, 5.74) is 11.1. The molecule has 10 aromatic carbocycles. The molecule has 6 heteroatoms. The van der Waals surface area contributed by atoms with Gasteiger partial charge < -0.3 is 4.42 Å². The van der Waals surface area contributed by atoms with Crippen molar-refractivity contribution in [1.82, 2.24) is 24.9 Å². The summed E-state index contributed by atoms with van der Waals surface area (Å²) in [6.45, 7) is 0. The predicted octanol–water partition coefficient (Wildman–Crippen LogP) is 15.7. The highest BCUT2D eigenvalue weighted by Crippen LogP contribution is 2.38. The molecule has 0 bridgehead atoms. The Bertz CT molecular complexity index is 3960. The lowest BCUT2D eigenvalue weighted by molar-refractivity contribution is 0.673. The molecule has 3 aromatic heterocycles. The van der Waals surface area contributed by atoms with Crippen molar-refractivity contribution in [2.75, 3.05) is 0 Å². The molecule has 3 heterocycles. The van der Waals surface area contributed by atoms with Crippen molar-refractivity contribution in [2.24, 2.45) is 0 Å². The van der Waals surface area contributed by atoms with Crippen LogP contribution in [0.3, 0.4) is 0 Å². The van der Waals surface area contributed by atoms with Crippen LogP contribution in [-0.2, 0) is 0 Å². The van der Waals surface area contributed by atoms with Gasteiger partial charge in [0.1, 0.15) is 11.2 Å². The largest absolute Gasteiger partial charge is 0.455 e. The fourth-order valence-electron chi connectivity index (χ4n) is 9.41. The standard InChI is InChI=1S/C61H37N5O/c1-2-17-41(18-3-1)58-62-54(37-55(63-58)45-31-32-50-51-33-30-40-16-6-9-27-49(40)57(51)67-56(50)36-45)44-23-10-21-42(34-44)43-22-11-24-46(35-43)59-64-60(52-28-12-19-38-14-4-7-25-47(38)52)66-61(65-59)53-29-13-20-39-15-5-8-26-48(39)53/h1-37H. The first kappa shape index (κ1) is 38.3. The van der Waals surface area contributed by atoms with E-state index in [1.165, 1.54) is 0 Å². The maximum atomic E-state index is 6.60. The van der Waals surface area contributed by atoms with E-state index < -0.39 is 0 Å². The summed E-state index contributed by atoms with van der Waals surface area (Å²) in [5, 5.41) is 8.85. The van der Waals surface area contributed by atoms with Crippen LogP contribution >= 0.6 is 0 Å². The Morgan fingerprint density at radius 1 is 0.254 bits per heavy atom. The highest BCUT2D eigenvalue weighted by atomic mass is 16.3. The van der Waals surface area contributed by atoms with Crippen molar-refractivity contribution in [2.45, 2.75) is 0 Å². The van der Waals surface area contributed by atoms with Crippen molar-refractivity contribution in [1.29, 1.82) is 0 Å². The molecule has 0 saturated carbocycles. The van der Waals surface area contributed by atoms with Crippen LogP contribution in [0.1, 0.15) is 0 Å². The molecular formula is C61H37N5O. The van der Waals surface area contributed by atoms with Gasteiger partial charge in [-0.25, -0.2) is 24.9 Å². The molecule has 13 aromatic rings. The molecule has 67 heavy (non-hydrogen) atoms. The number of furan rings is 1. The summed E-state index contributed by atoms with van der Waals surface area (Å²) in [4.78, 5) is 25.9. The topological polar surface area (TPSA) is 77.6 Å². The van der Waals surface area contributed by atoms with Gasteiger partial charge in [-0.1, -0.05) is 188 Å². The summed E-state index contributed by atoms with van der Waals surface area (Å²) in [5.74, 6) is 2.49. The SMILES string of the molecule is c1ccc(-c2nc(-c3cccc(-c4cccc(-c5nc(-c6cccc7ccccc67)nc(-c6cccc7ccccc67)n5)c4)c3)cc(-c3ccc4c(c3)oc3c5ccccc5ccc43)n2)cc1. The van der Waals surface area contributed by atoms with Crippen LogP contribution in [-0.4, -0.2) is 24.9 Å². The monoisotopic (exact) mass is 855 g/mol. The van der Waals surface area contributed by atoms with E-state index in [0.717, 1.165) is 110 Å². The van der Waals surface area contributed by atoms with Crippen LogP contribution in [0.2, 0.25) is 0 Å². The Morgan fingerprint density at radius 3 is 1.39 bits per heavy atom. The van der Waals surface area contributed by atoms with Gasteiger partial charge in [-0.05, 0) is 74.5 Å². The van der Waals surface area contributed by atoms with Gasteiger partial charge in [0.05, 0.1) is 11.4 Å². The van der Waals surface area contributed by atoms with Gasteiger partial charge in [0, 0.05) is 49.5 Å². The minimum atomic E-state index is 0.599. The lowest BCUT2D eigenvalue weighted by Gasteiger charge is -2.13. The number of aromatic nitrogens is 5. The van der Waals surface area contributed by atoms with Gasteiger partial charge in [-0.3, -0.25) is 0 Å². The number of hydrogen-bond acceptors (Lipinski definition) is 6. The summed E-state index contributed by atoms with van der Waals surface area (Å²) in [6, 6.07) is 77.6. The Balaban J connectivity index is 0.920. The maximum Gasteiger partial charge on any atom is 0.164 e. The van der Waals surface area contributed by atoms with Crippen molar-refractivity contribution in [3.63, 3.8) is 0 Å². The van der Waals surface area contributed by atoms with Gasteiger partial charge in [0.15, 0.2) is 23.3 Å². The van der Waals surface area contributed by atoms with Crippen molar-refractivity contribution in [3.8, 4) is 79.2 Å². The van der Waals surface area contributed by atoms with E-state index in [0.29, 0.717) is 23.3 Å². The minimum absolute atomic E-state index is 0.599. The number of fused-ring (bicyclic) bond motifs is 7. The Morgan fingerprint density at radius 2 is 0.716 bits per heavy atom. The van der Waals surface area contributed by atoms with E-state index in [9.17, 15) is 0 Å². The average Bonchev–Trinajstić information content (AvgIpc) is 3.79. The molecule has 312 valence electrons. The summed E-state index contributed by atoms with van der Waals surface area (Å²) in [6.07, 6.45) is 0. The molecule has 13 rings (SSSR count). The molecule has 0 aliphatic carbocycles. The first-order valence-electron chi connectivity index (χ1n) is 22.4. The van der Waals surface area contributed by atoms with E-state index in [4.69, 9.17) is 29.3 Å². The van der Waals surface area contributed by atoms with Gasteiger partial charge in [-0.2, -0.15) is 0 Å². The molecule has 0 N–H and O–H groups in total. The minimum Gasteiger partial charge on any atom is -0.455 e. The van der Waals surface area contributed by atoms with E-state index in [1.807, 2.05) is 18.2 Å². The van der Waals surface area contributed by atoms with Crippen molar-refractivity contribution >= 4 is 54.3 Å². The molecule has 0 radical (unpaired) electrons. The Kier molecular flexibility index (Phi) is 9.06. The number of hydrogen-bond donors (Lipinski definition) is 0. The van der Waals surface area contributed by atoms with E-state index in [-0.39, 0.29) is 0 Å². The van der Waals surface area contributed by atoms with E-state index >= 15 is 0 Å². The molecule has 6 nitrogen and oxygen atoms in total. The number of nitrogens with zero attached hydrogens (tertiary/aromatic N) is 5. The average molecular weight is 856 g/mol. The molecule has 0 aliphatic rings. The molecular weight excluding hydrogens is 819 g/mol. The van der Waals surface area contributed by atoms with Crippen LogP contribution < -0.4 is 0 Å². The Labute approximate surface area is 385 Å². The van der Waals surface area contributed by atoms with Gasteiger partial charge >= 0.3 is 0 Å². The smallest absolute Gasteiger partial charge is 0.164 e. The van der Waals surface area contributed by atoms with Gasteiger partial charge in [0.25, 0.3) is 0 Å². The van der Waals surface area contributed by atoms with Crippen LogP contribution in [0.25, 0.3) is 133 Å². The molecule has 0 atom stereocenters. The number of rotatable bonds is 7. The summed E-state index contributed by atoms with van der Waals surface area (Å²) in [7, 11) is 0. The third kappa shape index (κ3) is 6.87. The van der Waals surface area contributed by atoms with E-state index in [2.05, 4.69) is 206 Å². The van der Waals surface area contributed by atoms with Crippen molar-refractivity contribution < 1.29 is 4.42 Å². The fraction of sp³-hybridized carbons (Fsp3) is 0. The zero-order valence-corrected chi connectivity index (χ0v) is 36.0. The lowest BCUT2D eigenvalue weighted by atomic mass is 9.98. The maximum absolute atomic E-state index is 6.60. The number of benzene rings is 10. The molecule has 0 fully saturated rings. The fourth-order valence-corrected chi connectivity index (χ4v) is 9.41. The second-order valence-corrected chi connectivity index (χ2v) is 16.8. The van der Waals surface area contributed by atoms with Crippen LogP contribution in [0.4, 0.5) is 0 Å². The first-order valence-corrected chi connectivity index (χ1v) is 22.4. The summed E-state index contributed by atoms with van der Waals surface area (Å²) >= 11 is 0. The van der Waals surface area contributed by atoms with Gasteiger partial charge in [0.2, 0.25) is 0 Å². The zero-order valence-electron chi connectivity index (χ0n) is 36.0. The predicted molar refractivity (Wildman–Crippen MR) is 273 cm³/mol. The molecule has 0 spiro atoms. The molecule has 0 amide bonds. The lowest BCUT2D eigenvalue weighted by Crippen LogP contribution is -2.01. The third-order valence-electron chi connectivity index (χ3n) is 12.7. The highest BCUT2D eigenvalue weighted by molar-refractivity contribution is 6.15. The normalized spacial score (nSPS) is 11.6. The van der Waals surface area contributed by atoms with Crippen LogP contribution in [0.5, 0.6) is 0 Å². The van der Waals surface area contributed by atoms with E-state index in [1.54, 1.807) is 0 Å². The first-order chi connectivity index (χ1) is 33.2. The summed E-state index contributed by atoms with van der Waals surface area (Å²) < 4.78 is 6.60. The van der Waals surface area contributed by atoms with Crippen molar-refractivity contribution in [3.05, 3.63) is 224 Å². The van der Waals surface area contributed by atoms with Gasteiger partial charge in [-0.15, -0.1) is 0 Å². The van der Waals surface area contributed by atoms with Crippen LogP contribution in [0.15, 0.2) is 229 Å². The quantitative estimate of drug-likeness (QED) is 0.159. The van der Waals surface area contributed by atoms with Crippen LogP contribution in [0, 0.1) is 0 Å². The second-order valence-electron chi connectivity index (χ2n) is 16.8. The molecule has 0 saturated heterocycles. The Hall–Kier alpha value is -9.13. The molecule has 0 unspecified atom stereocenters.